The molecule has 0 unspecified atom stereocenters. The standard InChI is InChI=1S/C9H13F3N2O3/c1-17-8(16)13-4-7(15)14-3-2-6(5-14)9(10,11)12/h6H,2-5H2,1H3,(H,13,16)/t6-/m1/s1. The van der Waals surface area contributed by atoms with E-state index < -0.39 is 24.1 Å². The second kappa shape index (κ2) is 5.24. The van der Waals surface area contributed by atoms with Crippen LogP contribution in [-0.4, -0.2) is 49.8 Å². The highest BCUT2D eigenvalue weighted by Gasteiger charge is 2.44. The Labute approximate surface area is 95.9 Å². The number of halogens is 3. The van der Waals surface area contributed by atoms with Gasteiger partial charge in [0, 0.05) is 13.1 Å². The van der Waals surface area contributed by atoms with E-state index in [2.05, 4.69) is 10.1 Å². The average molecular weight is 254 g/mol. The molecule has 98 valence electrons. The zero-order chi connectivity index (χ0) is 13.1. The number of likely N-dealkylation sites (tertiary alicyclic amines) is 1. The molecule has 1 aliphatic rings. The molecule has 0 aromatic carbocycles. The molecule has 0 aromatic heterocycles. The van der Waals surface area contributed by atoms with Crippen LogP contribution in [0.25, 0.3) is 0 Å². The van der Waals surface area contributed by atoms with Crippen LogP contribution in [0.2, 0.25) is 0 Å². The van der Waals surface area contributed by atoms with Gasteiger partial charge in [0.1, 0.15) is 6.54 Å². The molecule has 1 heterocycles. The van der Waals surface area contributed by atoms with E-state index in [1.54, 1.807) is 0 Å². The molecule has 1 rings (SSSR count). The third-order valence-corrected chi connectivity index (χ3v) is 2.57. The van der Waals surface area contributed by atoms with Gasteiger partial charge in [-0.25, -0.2) is 4.79 Å². The highest BCUT2D eigenvalue weighted by molar-refractivity contribution is 5.82. The Kier molecular flexibility index (Phi) is 4.19. The van der Waals surface area contributed by atoms with Crippen molar-refractivity contribution in [1.82, 2.24) is 10.2 Å². The molecule has 0 bridgehead atoms. The fourth-order valence-corrected chi connectivity index (χ4v) is 1.59. The zero-order valence-electron chi connectivity index (χ0n) is 9.21. The fraction of sp³-hybridized carbons (Fsp3) is 0.778. The fourth-order valence-electron chi connectivity index (χ4n) is 1.59. The Morgan fingerprint density at radius 1 is 1.47 bits per heavy atom. The number of carbonyl (C=O) groups excluding carboxylic acids is 2. The van der Waals surface area contributed by atoms with Crippen molar-refractivity contribution in [3.05, 3.63) is 0 Å². The van der Waals surface area contributed by atoms with E-state index in [9.17, 15) is 22.8 Å². The number of carbonyl (C=O) groups is 2. The van der Waals surface area contributed by atoms with E-state index in [-0.39, 0.29) is 26.1 Å². The molecule has 0 radical (unpaired) electrons. The minimum atomic E-state index is -4.27. The second-order valence-electron chi connectivity index (χ2n) is 3.71. The molecule has 8 heteroatoms. The monoisotopic (exact) mass is 254 g/mol. The topological polar surface area (TPSA) is 58.6 Å². The number of nitrogens with zero attached hydrogens (tertiary/aromatic N) is 1. The van der Waals surface area contributed by atoms with Crippen LogP contribution in [0.15, 0.2) is 0 Å². The molecule has 0 spiro atoms. The van der Waals surface area contributed by atoms with E-state index in [0.29, 0.717) is 0 Å². The summed E-state index contributed by atoms with van der Waals surface area (Å²) in [5.74, 6) is -2.01. The molecule has 1 aliphatic heterocycles. The summed E-state index contributed by atoms with van der Waals surface area (Å²) in [5, 5.41) is 2.13. The third kappa shape index (κ3) is 3.79. The second-order valence-corrected chi connectivity index (χ2v) is 3.71. The first-order chi connectivity index (χ1) is 7.84. The number of alkyl carbamates (subject to hydrolysis) is 1. The number of ether oxygens (including phenoxy) is 1. The van der Waals surface area contributed by atoms with Crippen LogP contribution < -0.4 is 5.32 Å². The van der Waals surface area contributed by atoms with Crippen molar-refractivity contribution < 1.29 is 27.5 Å². The average Bonchev–Trinajstić information content (AvgIpc) is 2.74. The maximum Gasteiger partial charge on any atom is 0.407 e. The van der Waals surface area contributed by atoms with Crippen LogP contribution in [0.5, 0.6) is 0 Å². The maximum atomic E-state index is 12.3. The van der Waals surface area contributed by atoms with Gasteiger partial charge in [-0.1, -0.05) is 0 Å². The summed E-state index contributed by atoms with van der Waals surface area (Å²) in [5.41, 5.74) is 0. The number of rotatable bonds is 2. The van der Waals surface area contributed by atoms with Gasteiger partial charge >= 0.3 is 12.3 Å². The molecular weight excluding hydrogens is 241 g/mol. The summed E-state index contributed by atoms with van der Waals surface area (Å²) in [7, 11) is 1.13. The van der Waals surface area contributed by atoms with Crippen molar-refractivity contribution in [2.75, 3.05) is 26.7 Å². The summed E-state index contributed by atoms with van der Waals surface area (Å²) >= 11 is 0. The van der Waals surface area contributed by atoms with Gasteiger partial charge in [0.15, 0.2) is 0 Å². The van der Waals surface area contributed by atoms with Gasteiger partial charge in [-0.2, -0.15) is 13.2 Å². The van der Waals surface area contributed by atoms with E-state index in [0.717, 1.165) is 12.0 Å². The number of hydrogen-bond acceptors (Lipinski definition) is 3. The van der Waals surface area contributed by atoms with Crippen molar-refractivity contribution in [2.24, 2.45) is 5.92 Å². The normalized spacial score (nSPS) is 20.2. The number of alkyl halides is 3. The van der Waals surface area contributed by atoms with Crippen LogP contribution in [0.4, 0.5) is 18.0 Å². The Morgan fingerprint density at radius 3 is 2.59 bits per heavy atom. The quantitative estimate of drug-likeness (QED) is 0.791. The zero-order valence-corrected chi connectivity index (χ0v) is 9.21. The van der Waals surface area contributed by atoms with Gasteiger partial charge in [-0.3, -0.25) is 4.79 Å². The summed E-state index contributed by atoms with van der Waals surface area (Å²) in [4.78, 5) is 23.2. The first kappa shape index (κ1) is 13.6. The highest BCUT2D eigenvalue weighted by Crippen LogP contribution is 2.33. The van der Waals surface area contributed by atoms with Gasteiger partial charge in [-0.15, -0.1) is 0 Å². The van der Waals surface area contributed by atoms with E-state index in [4.69, 9.17) is 0 Å². The van der Waals surface area contributed by atoms with Gasteiger partial charge in [0.05, 0.1) is 13.0 Å². The van der Waals surface area contributed by atoms with Crippen LogP contribution in [0, 0.1) is 5.92 Å². The Bertz CT molecular complexity index is 306. The molecule has 2 amide bonds. The summed E-state index contributed by atoms with van der Waals surface area (Å²) in [6, 6.07) is 0. The van der Waals surface area contributed by atoms with Crippen molar-refractivity contribution in [2.45, 2.75) is 12.6 Å². The Morgan fingerprint density at radius 2 is 2.12 bits per heavy atom. The number of hydrogen-bond donors (Lipinski definition) is 1. The van der Waals surface area contributed by atoms with E-state index >= 15 is 0 Å². The lowest BCUT2D eigenvalue weighted by Crippen LogP contribution is -2.39. The Balaban J connectivity index is 2.38. The molecule has 1 atom stereocenters. The van der Waals surface area contributed by atoms with Crippen LogP contribution in [0.3, 0.4) is 0 Å². The van der Waals surface area contributed by atoms with Gasteiger partial charge < -0.3 is 15.0 Å². The largest absolute Gasteiger partial charge is 0.453 e. The lowest BCUT2D eigenvalue weighted by atomic mass is 10.1. The van der Waals surface area contributed by atoms with Crippen molar-refractivity contribution >= 4 is 12.0 Å². The number of amides is 2. The summed E-state index contributed by atoms with van der Waals surface area (Å²) in [6.07, 6.45) is -5.15. The smallest absolute Gasteiger partial charge is 0.407 e. The lowest BCUT2D eigenvalue weighted by Gasteiger charge is -2.17. The van der Waals surface area contributed by atoms with E-state index in [1.165, 1.54) is 0 Å². The van der Waals surface area contributed by atoms with Crippen LogP contribution >= 0.6 is 0 Å². The molecule has 0 saturated carbocycles. The first-order valence-corrected chi connectivity index (χ1v) is 5.01. The molecule has 5 nitrogen and oxygen atoms in total. The highest BCUT2D eigenvalue weighted by atomic mass is 19.4. The van der Waals surface area contributed by atoms with Crippen molar-refractivity contribution in [3.63, 3.8) is 0 Å². The predicted octanol–water partition coefficient (Wildman–Crippen LogP) is 0.753. The maximum absolute atomic E-state index is 12.3. The molecule has 0 aliphatic carbocycles. The van der Waals surface area contributed by atoms with Gasteiger partial charge in [0.2, 0.25) is 5.91 Å². The molecule has 1 fully saturated rings. The predicted molar refractivity (Wildman–Crippen MR) is 51.1 cm³/mol. The molecule has 17 heavy (non-hydrogen) atoms. The third-order valence-electron chi connectivity index (χ3n) is 2.57. The van der Waals surface area contributed by atoms with Crippen molar-refractivity contribution in [1.29, 1.82) is 0 Å². The van der Waals surface area contributed by atoms with E-state index in [1.807, 2.05) is 0 Å². The molecular formula is C9H13F3N2O3. The van der Waals surface area contributed by atoms with Crippen molar-refractivity contribution in [3.8, 4) is 0 Å². The lowest BCUT2D eigenvalue weighted by molar-refractivity contribution is -0.171. The first-order valence-electron chi connectivity index (χ1n) is 5.01. The minimum absolute atomic E-state index is 0.0614. The minimum Gasteiger partial charge on any atom is -0.453 e. The molecule has 1 saturated heterocycles. The molecule has 0 aromatic rings. The van der Waals surface area contributed by atoms with Gasteiger partial charge in [-0.05, 0) is 6.42 Å². The SMILES string of the molecule is COC(=O)NCC(=O)N1CC[C@@H](C(F)(F)F)C1. The van der Waals surface area contributed by atoms with Crippen LogP contribution in [0.1, 0.15) is 6.42 Å². The Hall–Kier alpha value is -1.47. The molecule has 1 N–H and O–H groups in total. The van der Waals surface area contributed by atoms with Crippen LogP contribution in [-0.2, 0) is 9.53 Å². The summed E-state index contributed by atoms with van der Waals surface area (Å²) in [6.45, 7) is -0.631. The number of nitrogens with one attached hydrogen (secondary N) is 1. The van der Waals surface area contributed by atoms with Gasteiger partial charge in [0.25, 0.3) is 0 Å². The summed E-state index contributed by atoms with van der Waals surface area (Å²) < 4.78 is 41.3. The number of methoxy groups -OCH3 is 1.